The fourth-order valence-electron chi connectivity index (χ4n) is 2.30. The van der Waals surface area contributed by atoms with Gasteiger partial charge in [0.2, 0.25) is 0 Å². The summed E-state index contributed by atoms with van der Waals surface area (Å²) in [5.74, 6) is 0.794. The van der Waals surface area contributed by atoms with E-state index in [1.54, 1.807) is 18.9 Å². The molecule has 0 bridgehead atoms. The molecule has 1 atom stereocenters. The van der Waals surface area contributed by atoms with E-state index in [-0.39, 0.29) is 0 Å². The van der Waals surface area contributed by atoms with Crippen LogP contribution in [0.3, 0.4) is 0 Å². The van der Waals surface area contributed by atoms with Gasteiger partial charge in [-0.05, 0) is 49.8 Å². The highest BCUT2D eigenvalue weighted by molar-refractivity contribution is 7.98. The molecule has 1 fully saturated rings. The molecule has 1 unspecified atom stereocenters. The van der Waals surface area contributed by atoms with Crippen molar-refractivity contribution in [3.8, 4) is 5.75 Å². The van der Waals surface area contributed by atoms with E-state index in [0.29, 0.717) is 11.1 Å². The van der Waals surface area contributed by atoms with Gasteiger partial charge in [-0.1, -0.05) is 11.6 Å². The number of thioether (sulfide) groups is 1. The second-order valence-electron chi connectivity index (χ2n) is 4.31. The molecule has 1 aliphatic heterocycles. The van der Waals surface area contributed by atoms with E-state index < -0.39 is 0 Å². The monoisotopic (exact) mass is 271 g/mol. The second kappa shape index (κ2) is 5.98. The minimum atomic E-state index is 0.606. The number of rotatable bonds is 4. The Balaban J connectivity index is 2.19. The first kappa shape index (κ1) is 13.1. The molecule has 1 N–H and O–H groups in total. The van der Waals surface area contributed by atoms with Crippen LogP contribution >= 0.6 is 23.4 Å². The van der Waals surface area contributed by atoms with Gasteiger partial charge in [0.1, 0.15) is 0 Å². The zero-order chi connectivity index (χ0) is 12.3. The Hall–Kier alpha value is -0.380. The SMILES string of the molecule is COc1c(Cl)cc(CC2CCCN2)cc1SC. The van der Waals surface area contributed by atoms with E-state index in [1.807, 2.05) is 12.3 Å². The number of methoxy groups -OCH3 is 1. The lowest BCUT2D eigenvalue weighted by Crippen LogP contribution is -2.23. The minimum Gasteiger partial charge on any atom is -0.494 e. The van der Waals surface area contributed by atoms with Gasteiger partial charge in [0.05, 0.1) is 17.0 Å². The number of hydrogen-bond acceptors (Lipinski definition) is 3. The summed E-state index contributed by atoms with van der Waals surface area (Å²) in [6.07, 6.45) is 5.64. The van der Waals surface area contributed by atoms with Gasteiger partial charge in [-0.3, -0.25) is 0 Å². The second-order valence-corrected chi connectivity index (χ2v) is 5.57. The summed E-state index contributed by atoms with van der Waals surface area (Å²) in [6.45, 7) is 1.14. The molecule has 0 radical (unpaired) electrons. The summed E-state index contributed by atoms with van der Waals surface area (Å²) in [6, 6.07) is 4.82. The average Bonchev–Trinajstić information content (AvgIpc) is 2.81. The van der Waals surface area contributed by atoms with Crippen molar-refractivity contribution in [3.05, 3.63) is 22.7 Å². The maximum atomic E-state index is 6.24. The maximum Gasteiger partial charge on any atom is 0.150 e. The third kappa shape index (κ3) is 3.09. The van der Waals surface area contributed by atoms with Crippen molar-refractivity contribution in [1.82, 2.24) is 5.32 Å². The first-order chi connectivity index (χ1) is 8.24. The quantitative estimate of drug-likeness (QED) is 0.849. The first-order valence-corrected chi connectivity index (χ1v) is 7.48. The normalized spacial score (nSPS) is 19.6. The third-order valence-corrected chi connectivity index (χ3v) is 4.16. The fraction of sp³-hybridized carbons (Fsp3) is 0.538. The molecule has 17 heavy (non-hydrogen) atoms. The standard InChI is InChI=1S/C13H18ClNOS/c1-16-13-11(14)7-9(8-12(13)17-2)6-10-4-3-5-15-10/h7-8,10,15H,3-6H2,1-2H3. The summed E-state index contributed by atoms with van der Waals surface area (Å²) in [4.78, 5) is 1.12. The average molecular weight is 272 g/mol. The van der Waals surface area contributed by atoms with Crippen LogP contribution in [0.25, 0.3) is 0 Å². The van der Waals surface area contributed by atoms with Crippen molar-refractivity contribution < 1.29 is 4.74 Å². The Bertz CT molecular complexity index is 391. The Labute approximate surface area is 112 Å². The summed E-state index contributed by atoms with van der Waals surface area (Å²) < 4.78 is 5.32. The Kier molecular flexibility index (Phi) is 4.60. The minimum absolute atomic E-state index is 0.606. The molecule has 1 aliphatic rings. The summed E-state index contributed by atoms with van der Waals surface area (Å²) >= 11 is 7.92. The number of benzene rings is 1. The Morgan fingerprint density at radius 1 is 1.53 bits per heavy atom. The zero-order valence-electron chi connectivity index (χ0n) is 10.3. The molecule has 0 aromatic heterocycles. The Morgan fingerprint density at radius 2 is 2.35 bits per heavy atom. The lowest BCUT2D eigenvalue weighted by molar-refractivity contribution is 0.404. The molecule has 0 spiro atoms. The van der Waals surface area contributed by atoms with Crippen LogP contribution in [0.4, 0.5) is 0 Å². The predicted octanol–water partition coefficient (Wildman–Crippen LogP) is 3.37. The molecule has 0 saturated carbocycles. The molecule has 94 valence electrons. The van der Waals surface area contributed by atoms with E-state index in [9.17, 15) is 0 Å². The van der Waals surface area contributed by atoms with Crippen LogP contribution in [0, 0.1) is 0 Å². The largest absolute Gasteiger partial charge is 0.494 e. The summed E-state index contributed by atoms with van der Waals surface area (Å²) in [7, 11) is 1.67. The van der Waals surface area contributed by atoms with Gasteiger partial charge >= 0.3 is 0 Å². The molecule has 1 aromatic carbocycles. The molecule has 1 heterocycles. The molecule has 0 aliphatic carbocycles. The van der Waals surface area contributed by atoms with E-state index in [1.165, 1.54) is 18.4 Å². The van der Waals surface area contributed by atoms with Gasteiger partial charge in [-0.15, -0.1) is 11.8 Å². The van der Waals surface area contributed by atoms with Gasteiger partial charge in [0.15, 0.2) is 5.75 Å². The van der Waals surface area contributed by atoms with Crippen molar-refractivity contribution >= 4 is 23.4 Å². The summed E-state index contributed by atoms with van der Waals surface area (Å²) in [5, 5.41) is 4.22. The number of nitrogens with one attached hydrogen (secondary N) is 1. The number of hydrogen-bond donors (Lipinski definition) is 1. The van der Waals surface area contributed by atoms with Gasteiger partial charge in [0.25, 0.3) is 0 Å². The van der Waals surface area contributed by atoms with Crippen molar-refractivity contribution in [1.29, 1.82) is 0 Å². The highest BCUT2D eigenvalue weighted by Gasteiger charge is 2.16. The molecule has 1 saturated heterocycles. The highest BCUT2D eigenvalue weighted by atomic mass is 35.5. The van der Waals surface area contributed by atoms with Crippen LogP contribution in [0.1, 0.15) is 18.4 Å². The molecule has 2 nitrogen and oxygen atoms in total. The predicted molar refractivity (Wildman–Crippen MR) is 74.5 cm³/mol. The zero-order valence-corrected chi connectivity index (χ0v) is 11.8. The molecule has 2 rings (SSSR count). The fourth-order valence-corrected chi connectivity index (χ4v) is 3.33. The lowest BCUT2D eigenvalue weighted by atomic mass is 10.0. The molecular formula is C13H18ClNOS. The van der Waals surface area contributed by atoms with Crippen LogP contribution in [0.15, 0.2) is 17.0 Å². The van der Waals surface area contributed by atoms with Crippen LogP contribution in [-0.2, 0) is 6.42 Å². The first-order valence-electron chi connectivity index (χ1n) is 5.88. The summed E-state index contributed by atoms with van der Waals surface area (Å²) in [5.41, 5.74) is 1.29. The lowest BCUT2D eigenvalue weighted by Gasteiger charge is -2.14. The van der Waals surface area contributed by atoms with Crippen molar-refractivity contribution in [2.45, 2.75) is 30.2 Å². The van der Waals surface area contributed by atoms with Crippen molar-refractivity contribution in [2.75, 3.05) is 19.9 Å². The van der Waals surface area contributed by atoms with Crippen LogP contribution in [0.5, 0.6) is 5.75 Å². The van der Waals surface area contributed by atoms with E-state index >= 15 is 0 Å². The Morgan fingerprint density at radius 3 is 2.94 bits per heavy atom. The molecule has 4 heteroatoms. The van der Waals surface area contributed by atoms with Gasteiger partial charge in [-0.2, -0.15) is 0 Å². The molecule has 0 amide bonds. The van der Waals surface area contributed by atoms with E-state index in [0.717, 1.165) is 23.6 Å². The topological polar surface area (TPSA) is 21.3 Å². The van der Waals surface area contributed by atoms with E-state index in [2.05, 4.69) is 11.4 Å². The van der Waals surface area contributed by atoms with Crippen LogP contribution in [-0.4, -0.2) is 26.0 Å². The van der Waals surface area contributed by atoms with Crippen LogP contribution < -0.4 is 10.1 Å². The number of ether oxygens (including phenoxy) is 1. The van der Waals surface area contributed by atoms with E-state index in [4.69, 9.17) is 16.3 Å². The van der Waals surface area contributed by atoms with Gasteiger partial charge in [0, 0.05) is 6.04 Å². The third-order valence-electron chi connectivity index (χ3n) is 3.14. The van der Waals surface area contributed by atoms with Gasteiger partial charge in [-0.25, -0.2) is 0 Å². The maximum absolute atomic E-state index is 6.24. The van der Waals surface area contributed by atoms with Crippen LogP contribution in [0.2, 0.25) is 5.02 Å². The van der Waals surface area contributed by atoms with Crippen molar-refractivity contribution in [2.24, 2.45) is 0 Å². The number of halogens is 1. The molecule has 1 aromatic rings. The highest BCUT2D eigenvalue weighted by Crippen LogP contribution is 2.36. The van der Waals surface area contributed by atoms with Crippen molar-refractivity contribution in [3.63, 3.8) is 0 Å². The molecular weight excluding hydrogens is 254 g/mol. The smallest absolute Gasteiger partial charge is 0.150 e. The van der Waals surface area contributed by atoms with Gasteiger partial charge < -0.3 is 10.1 Å².